The summed E-state index contributed by atoms with van der Waals surface area (Å²) < 4.78 is 0. The lowest BCUT2D eigenvalue weighted by Gasteiger charge is -2.14. The van der Waals surface area contributed by atoms with Crippen LogP contribution in [-0.2, 0) is 9.59 Å². The van der Waals surface area contributed by atoms with Crippen molar-refractivity contribution in [3.8, 4) is 0 Å². The fraction of sp³-hybridized carbons (Fsp3) is 0.889. The molecule has 0 rings (SSSR count). The third-order valence-corrected chi connectivity index (χ3v) is 7.97. The van der Waals surface area contributed by atoms with Crippen molar-refractivity contribution in [1.82, 2.24) is 10.6 Å². The van der Waals surface area contributed by atoms with E-state index in [2.05, 4.69) is 43.6 Å². The monoisotopic (exact) mass is 563 g/mol. The Labute approximate surface area is 250 Å². The lowest BCUT2D eigenvalue weighted by molar-refractivity contribution is -0.122. The molecule has 0 unspecified atom stereocenters. The number of hydrogen-bond donors (Lipinski definition) is 2. The molecular weight excluding hydrogens is 492 g/mol. The first-order valence-corrected chi connectivity index (χ1v) is 17.8. The zero-order chi connectivity index (χ0) is 29.4. The summed E-state index contributed by atoms with van der Waals surface area (Å²) in [6, 6.07) is 0.216. The average molecular weight is 563 g/mol. The Hall–Kier alpha value is -1.32. The molecule has 0 fully saturated rings. The summed E-state index contributed by atoms with van der Waals surface area (Å²) in [5.41, 5.74) is 0. The second-order valence-electron chi connectivity index (χ2n) is 12.2. The molecule has 0 spiro atoms. The molecule has 40 heavy (non-hydrogen) atoms. The maximum Gasteiger partial charge on any atom is 0.220 e. The molecule has 0 aliphatic rings. The number of unbranched alkanes of at least 4 members (excludes halogenated alkanes) is 20. The second kappa shape index (κ2) is 32.2. The van der Waals surface area contributed by atoms with Gasteiger partial charge in [0.15, 0.2) is 0 Å². The number of nitrogens with one attached hydrogen (secondary N) is 2. The van der Waals surface area contributed by atoms with Gasteiger partial charge in [-0.25, -0.2) is 0 Å². The van der Waals surface area contributed by atoms with Gasteiger partial charge in [0.25, 0.3) is 0 Å². The maximum absolute atomic E-state index is 12.2. The minimum Gasteiger partial charge on any atom is -0.356 e. The van der Waals surface area contributed by atoms with Crippen LogP contribution in [0, 0.1) is 0 Å². The molecule has 0 aromatic carbocycles. The summed E-state index contributed by atoms with van der Waals surface area (Å²) in [4.78, 5) is 24.2. The largest absolute Gasteiger partial charge is 0.356 e. The highest BCUT2D eigenvalue weighted by molar-refractivity contribution is 5.76. The Kier molecular flexibility index (Phi) is 31.1. The first-order chi connectivity index (χ1) is 19.6. The van der Waals surface area contributed by atoms with Crippen LogP contribution in [-0.4, -0.2) is 24.4 Å². The summed E-state index contributed by atoms with van der Waals surface area (Å²) in [5, 5.41) is 6.22. The second-order valence-corrected chi connectivity index (χ2v) is 12.2. The van der Waals surface area contributed by atoms with Crippen molar-refractivity contribution in [2.45, 2.75) is 200 Å². The summed E-state index contributed by atoms with van der Waals surface area (Å²) in [6.07, 6.45) is 37.2. The molecule has 0 aromatic rings. The Morgan fingerprint density at radius 2 is 0.950 bits per heavy atom. The van der Waals surface area contributed by atoms with E-state index < -0.39 is 0 Å². The Balaban J connectivity index is 3.42. The molecule has 4 heteroatoms. The number of amides is 2. The van der Waals surface area contributed by atoms with Crippen molar-refractivity contribution in [3.63, 3.8) is 0 Å². The van der Waals surface area contributed by atoms with E-state index in [1.165, 1.54) is 122 Å². The van der Waals surface area contributed by atoms with Gasteiger partial charge in [-0.1, -0.05) is 129 Å². The van der Waals surface area contributed by atoms with Crippen molar-refractivity contribution < 1.29 is 9.59 Å². The van der Waals surface area contributed by atoms with Gasteiger partial charge in [0, 0.05) is 25.4 Å². The minimum atomic E-state index is 0.193. The fourth-order valence-electron chi connectivity index (χ4n) is 5.26. The Morgan fingerprint density at radius 3 is 1.48 bits per heavy atom. The van der Waals surface area contributed by atoms with Gasteiger partial charge in [-0.2, -0.15) is 0 Å². The Bertz CT molecular complexity index is 575. The van der Waals surface area contributed by atoms with Crippen molar-refractivity contribution in [1.29, 1.82) is 0 Å². The minimum absolute atomic E-state index is 0.193. The van der Waals surface area contributed by atoms with Gasteiger partial charge in [0.2, 0.25) is 11.8 Å². The van der Waals surface area contributed by atoms with Gasteiger partial charge >= 0.3 is 0 Å². The van der Waals surface area contributed by atoms with E-state index in [1.54, 1.807) is 0 Å². The van der Waals surface area contributed by atoms with Gasteiger partial charge < -0.3 is 10.6 Å². The van der Waals surface area contributed by atoms with Crippen LogP contribution in [0.25, 0.3) is 0 Å². The third kappa shape index (κ3) is 31.2. The lowest BCUT2D eigenvalue weighted by Crippen LogP contribution is -2.32. The molecule has 0 aliphatic carbocycles. The van der Waals surface area contributed by atoms with Crippen molar-refractivity contribution in [3.05, 3.63) is 12.2 Å². The molecule has 0 aliphatic heterocycles. The topological polar surface area (TPSA) is 58.2 Å². The molecule has 0 aromatic heterocycles. The Morgan fingerprint density at radius 1 is 0.525 bits per heavy atom. The molecule has 0 heterocycles. The van der Waals surface area contributed by atoms with Crippen LogP contribution in [0.5, 0.6) is 0 Å². The van der Waals surface area contributed by atoms with E-state index in [0.29, 0.717) is 12.8 Å². The van der Waals surface area contributed by atoms with Crippen LogP contribution in [0.1, 0.15) is 194 Å². The molecule has 236 valence electrons. The fourth-order valence-corrected chi connectivity index (χ4v) is 5.26. The van der Waals surface area contributed by atoms with E-state index in [-0.39, 0.29) is 17.9 Å². The van der Waals surface area contributed by atoms with Crippen molar-refractivity contribution in [2.24, 2.45) is 0 Å². The SMILES string of the molecule is CCCCCC/C=C\CCCCCCCC(=O)N[C@H](C)CCCCNC(=O)CCCCCCCCCCCCC. The third-order valence-electron chi connectivity index (χ3n) is 7.97. The summed E-state index contributed by atoms with van der Waals surface area (Å²) in [5.74, 6) is 0.394. The standard InChI is InChI=1S/C36H70N2O2/c1-4-6-8-10-12-14-16-17-19-21-23-25-27-32-36(40)38-34(3)30-28-29-33-37-35(39)31-26-24-22-20-18-15-13-11-9-7-5-2/h14,16,34H,4-13,15,17-33H2,1-3H3,(H,37,39)(H,38,40)/b16-14-/t34-/m1/s1. The molecule has 0 bridgehead atoms. The number of rotatable bonds is 31. The number of carbonyl (C=O) groups excluding carboxylic acids is 2. The smallest absolute Gasteiger partial charge is 0.220 e. The highest BCUT2D eigenvalue weighted by Crippen LogP contribution is 2.12. The van der Waals surface area contributed by atoms with Gasteiger partial charge in [-0.15, -0.1) is 0 Å². The molecule has 2 amide bonds. The first-order valence-electron chi connectivity index (χ1n) is 17.8. The number of allylic oxidation sites excluding steroid dienone is 2. The van der Waals surface area contributed by atoms with Crippen LogP contribution in [0.4, 0.5) is 0 Å². The normalized spacial score (nSPS) is 12.2. The zero-order valence-corrected chi connectivity index (χ0v) is 27.3. The average Bonchev–Trinajstić information content (AvgIpc) is 2.94. The van der Waals surface area contributed by atoms with Crippen molar-refractivity contribution in [2.75, 3.05) is 6.54 Å². The van der Waals surface area contributed by atoms with E-state index in [4.69, 9.17) is 0 Å². The molecule has 0 saturated heterocycles. The highest BCUT2D eigenvalue weighted by Gasteiger charge is 2.07. The predicted octanol–water partition coefficient (Wildman–Crippen LogP) is 10.7. The van der Waals surface area contributed by atoms with Crippen molar-refractivity contribution >= 4 is 11.8 Å². The molecule has 2 N–H and O–H groups in total. The molecule has 4 nitrogen and oxygen atoms in total. The quantitative estimate of drug-likeness (QED) is 0.0652. The summed E-state index contributed by atoms with van der Waals surface area (Å²) >= 11 is 0. The number of hydrogen-bond acceptors (Lipinski definition) is 2. The van der Waals surface area contributed by atoms with E-state index >= 15 is 0 Å². The van der Waals surface area contributed by atoms with Crippen LogP contribution in [0.15, 0.2) is 12.2 Å². The number of carbonyl (C=O) groups is 2. The van der Waals surface area contributed by atoms with E-state index in [0.717, 1.165) is 45.1 Å². The lowest BCUT2D eigenvalue weighted by atomic mass is 10.1. The molecular formula is C36H70N2O2. The van der Waals surface area contributed by atoms with Gasteiger partial charge in [0.05, 0.1) is 0 Å². The maximum atomic E-state index is 12.2. The predicted molar refractivity (Wildman–Crippen MR) is 176 cm³/mol. The van der Waals surface area contributed by atoms with Gasteiger partial charge in [-0.05, 0) is 64.7 Å². The highest BCUT2D eigenvalue weighted by atomic mass is 16.2. The molecule has 1 atom stereocenters. The van der Waals surface area contributed by atoms with Gasteiger partial charge in [-0.3, -0.25) is 9.59 Å². The first kappa shape index (κ1) is 38.7. The molecule has 0 radical (unpaired) electrons. The van der Waals surface area contributed by atoms with E-state index in [1.807, 2.05) is 0 Å². The van der Waals surface area contributed by atoms with Crippen LogP contribution in [0.3, 0.4) is 0 Å². The molecule has 0 saturated carbocycles. The zero-order valence-electron chi connectivity index (χ0n) is 27.3. The summed E-state index contributed by atoms with van der Waals surface area (Å²) in [6.45, 7) is 7.38. The van der Waals surface area contributed by atoms with E-state index in [9.17, 15) is 9.59 Å². The summed E-state index contributed by atoms with van der Waals surface area (Å²) in [7, 11) is 0. The van der Waals surface area contributed by atoms with Gasteiger partial charge in [0.1, 0.15) is 0 Å². The van der Waals surface area contributed by atoms with Crippen LogP contribution in [0.2, 0.25) is 0 Å². The van der Waals surface area contributed by atoms with Crippen LogP contribution < -0.4 is 10.6 Å². The van der Waals surface area contributed by atoms with Crippen LogP contribution >= 0.6 is 0 Å².